The third kappa shape index (κ3) is 3.94. The number of aliphatic hydroxyl groups is 1. The Morgan fingerprint density at radius 3 is 2.68 bits per heavy atom. The van der Waals surface area contributed by atoms with Gasteiger partial charge in [-0.25, -0.2) is 0 Å². The maximum absolute atomic E-state index is 12.0. The number of nitrogens with two attached hydrogens (primary N) is 1. The monoisotopic (exact) mass is 265 g/mol. The molecule has 0 aromatic heterocycles. The molecule has 106 valence electrons. The van der Waals surface area contributed by atoms with Crippen molar-refractivity contribution in [3.8, 4) is 0 Å². The number of hydrogen-bond donors (Lipinski definition) is 3. The molecule has 0 unspecified atom stereocenters. The van der Waals surface area contributed by atoms with Crippen LogP contribution < -0.4 is 11.1 Å². The molecule has 1 rings (SSSR count). The molecule has 0 radical (unpaired) electrons. The lowest BCUT2D eigenvalue weighted by molar-refractivity contribution is -0.118. The molecule has 1 aromatic carbocycles. The maximum Gasteiger partial charge on any atom is 0.238 e. The molecule has 0 saturated carbocycles. The van der Waals surface area contributed by atoms with Crippen molar-refractivity contribution in [3.63, 3.8) is 0 Å². The van der Waals surface area contributed by atoms with Gasteiger partial charge in [-0.1, -0.05) is 6.07 Å². The summed E-state index contributed by atoms with van der Waals surface area (Å²) in [5, 5.41) is 12.1. The van der Waals surface area contributed by atoms with Gasteiger partial charge in [0.1, 0.15) is 0 Å². The molecule has 1 amide bonds. The van der Waals surface area contributed by atoms with Crippen molar-refractivity contribution in [3.05, 3.63) is 23.8 Å². The van der Waals surface area contributed by atoms with Gasteiger partial charge >= 0.3 is 0 Å². The predicted molar refractivity (Wildman–Crippen MR) is 78.0 cm³/mol. The van der Waals surface area contributed by atoms with Gasteiger partial charge in [0, 0.05) is 16.9 Å². The third-order valence-corrected chi connectivity index (χ3v) is 3.45. The summed E-state index contributed by atoms with van der Waals surface area (Å²) >= 11 is 0. The minimum atomic E-state index is -0.428. The summed E-state index contributed by atoms with van der Waals surface area (Å²) in [6, 6.07) is 5.42. The van der Waals surface area contributed by atoms with E-state index < -0.39 is 5.54 Å². The summed E-state index contributed by atoms with van der Waals surface area (Å²) in [6.07, 6.45) is 0. The lowest BCUT2D eigenvalue weighted by Gasteiger charge is -2.33. The Morgan fingerprint density at radius 2 is 2.11 bits per heavy atom. The van der Waals surface area contributed by atoms with Gasteiger partial charge in [-0.3, -0.25) is 9.69 Å². The summed E-state index contributed by atoms with van der Waals surface area (Å²) in [5.41, 5.74) is 7.60. The van der Waals surface area contributed by atoms with Crippen molar-refractivity contribution in [2.75, 3.05) is 31.2 Å². The first-order valence-electron chi connectivity index (χ1n) is 6.25. The van der Waals surface area contributed by atoms with Gasteiger partial charge in [-0.15, -0.1) is 0 Å². The molecule has 0 atom stereocenters. The predicted octanol–water partition coefficient (Wildman–Crippen LogP) is 1.22. The summed E-state index contributed by atoms with van der Waals surface area (Å²) in [4.78, 5) is 13.8. The van der Waals surface area contributed by atoms with Crippen LogP contribution in [0.1, 0.15) is 19.4 Å². The molecule has 4 N–H and O–H groups in total. The Balaban J connectivity index is 2.68. The highest BCUT2D eigenvalue weighted by Crippen LogP contribution is 2.20. The molecule has 0 spiro atoms. The van der Waals surface area contributed by atoms with Crippen molar-refractivity contribution < 1.29 is 9.90 Å². The number of nitrogen functional groups attached to an aromatic ring is 1. The van der Waals surface area contributed by atoms with Crippen molar-refractivity contribution in [1.29, 1.82) is 0 Å². The molecule has 0 aliphatic heterocycles. The minimum Gasteiger partial charge on any atom is -0.398 e. The lowest BCUT2D eigenvalue weighted by atomic mass is 10.1. The fourth-order valence-electron chi connectivity index (χ4n) is 1.53. The first-order chi connectivity index (χ1) is 8.77. The Hall–Kier alpha value is -1.59. The van der Waals surface area contributed by atoms with Crippen molar-refractivity contribution in [2.24, 2.45) is 0 Å². The van der Waals surface area contributed by atoms with Crippen LogP contribution in [-0.2, 0) is 4.79 Å². The van der Waals surface area contributed by atoms with Crippen molar-refractivity contribution in [1.82, 2.24) is 4.90 Å². The molecule has 5 nitrogen and oxygen atoms in total. The van der Waals surface area contributed by atoms with E-state index in [2.05, 4.69) is 5.32 Å². The molecule has 0 heterocycles. The highest BCUT2D eigenvalue weighted by Gasteiger charge is 2.24. The number of nitrogens with zero attached hydrogens (tertiary/aromatic N) is 1. The van der Waals surface area contributed by atoms with E-state index in [1.54, 1.807) is 12.1 Å². The topological polar surface area (TPSA) is 78.6 Å². The van der Waals surface area contributed by atoms with Crippen LogP contribution in [0.2, 0.25) is 0 Å². The van der Waals surface area contributed by atoms with E-state index in [0.29, 0.717) is 5.69 Å². The number of likely N-dealkylation sites (N-methyl/N-ethyl adjacent to an activating group) is 1. The third-order valence-electron chi connectivity index (χ3n) is 3.45. The van der Waals surface area contributed by atoms with E-state index in [-0.39, 0.29) is 19.1 Å². The normalized spacial score (nSPS) is 11.7. The molecule has 0 aliphatic carbocycles. The van der Waals surface area contributed by atoms with Crippen LogP contribution in [0.5, 0.6) is 0 Å². The first-order valence-corrected chi connectivity index (χ1v) is 6.25. The Kier molecular flexibility index (Phi) is 4.91. The molecule has 0 fully saturated rings. The standard InChI is InChI=1S/C14H23N3O2/c1-10-11(15)6-5-7-12(10)16-13(19)8-17(4)14(2,3)9-18/h5-7,18H,8-9,15H2,1-4H3,(H,16,19). The van der Waals surface area contributed by atoms with Gasteiger partial charge in [0.2, 0.25) is 5.91 Å². The van der Waals surface area contributed by atoms with E-state index in [0.717, 1.165) is 11.3 Å². The Labute approximate surface area is 114 Å². The van der Waals surface area contributed by atoms with Gasteiger partial charge in [-0.2, -0.15) is 0 Å². The fraction of sp³-hybridized carbons (Fsp3) is 0.500. The molecule has 19 heavy (non-hydrogen) atoms. The SMILES string of the molecule is Cc1c(N)cccc1NC(=O)CN(C)C(C)(C)CO. The van der Waals surface area contributed by atoms with E-state index in [9.17, 15) is 9.90 Å². The number of amides is 1. The van der Waals surface area contributed by atoms with Crippen LogP contribution in [0.3, 0.4) is 0 Å². The zero-order valence-electron chi connectivity index (χ0n) is 12.0. The summed E-state index contributed by atoms with van der Waals surface area (Å²) in [5.74, 6) is -0.127. The summed E-state index contributed by atoms with van der Waals surface area (Å²) in [6.45, 7) is 5.83. The Bertz CT molecular complexity index is 458. The fourth-order valence-corrected chi connectivity index (χ4v) is 1.53. The molecule has 0 saturated heterocycles. The molecule has 0 aliphatic rings. The number of carbonyl (C=O) groups excluding carboxylic acids is 1. The van der Waals surface area contributed by atoms with Gasteiger partial charge in [0.05, 0.1) is 13.2 Å². The number of hydrogen-bond acceptors (Lipinski definition) is 4. The van der Waals surface area contributed by atoms with Crippen molar-refractivity contribution in [2.45, 2.75) is 26.3 Å². The number of rotatable bonds is 5. The van der Waals surface area contributed by atoms with Crippen LogP contribution in [0.15, 0.2) is 18.2 Å². The van der Waals surface area contributed by atoms with E-state index in [1.807, 2.05) is 38.8 Å². The van der Waals surface area contributed by atoms with Crippen LogP contribution in [0.25, 0.3) is 0 Å². The lowest BCUT2D eigenvalue weighted by Crippen LogP contribution is -2.47. The average Bonchev–Trinajstić information content (AvgIpc) is 2.34. The zero-order chi connectivity index (χ0) is 14.6. The number of anilines is 2. The number of benzene rings is 1. The maximum atomic E-state index is 12.0. The van der Waals surface area contributed by atoms with Crippen LogP contribution in [-0.4, -0.2) is 41.7 Å². The molecule has 5 heteroatoms. The highest BCUT2D eigenvalue weighted by molar-refractivity contribution is 5.93. The number of carbonyl (C=O) groups is 1. The summed E-state index contributed by atoms with van der Waals surface area (Å²) < 4.78 is 0. The van der Waals surface area contributed by atoms with Crippen molar-refractivity contribution >= 4 is 17.3 Å². The van der Waals surface area contributed by atoms with Gasteiger partial charge in [0.15, 0.2) is 0 Å². The van der Waals surface area contributed by atoms with Crippen LogP contribution in [0, 0.1) is 6.92 Å². The Morgan fingerprint density at radius 1 is 1.47 bits per heavy atom. The number of aliphatic hydroxyl groups excluding tert-OH is 1. The second-order valence-electron chi connectivity index (χ2n) is 5.39. The van der Waals surface area contributed by atoms with Gasteiger partial charge in [-0.05, 0) is 45.5 Å². The minimum absolute atomic E-state index is 0.00586. The largest absolute Gasteiger partial charge is 0.398 e. The first kappa shape index (κ1) is 15.5. The van der Waals surface area contributed by atoms with Gasteiger partial charge < -0.3 is 16.2 Å². The number of nitrogens with one attached hydrogen (secondary N) is 1. The second-order valence-corrected chi connectivity index (χ2v) is 5.39. The molecular formula is C14H23N3O2. The van der Waals surface area contributed by atoms with E-state index in [1.165, 1.54) is 0 Å². The zero-order valence-corrected chi connectivity index (χ0v) is 12.0. The van der Waals surface area contributed by atoms with Gasteiger partial charge in [0.25, 0.3) is 0 Å². The van der Waals surface area contributed by atoms with Crippen LogP contribution in [0.4, 0.5) is 11.4 Å². The van der Waals surface area contributed by atoms with Crippen LogP contribution >= 0.6 is 0 Å². The second kappa shape index (κ2) is 6.04. The summed E-state index contributed by atoms with van der Waals surface area (Å²) in [7, 11) is 1.81. The molecule has 1 aromatic rings. The molecular weight excluding hydrogens is 242 g/mol. The van der Waals surface area contributed by atoms with E-state index >= 15 is 0 Å². The molecule has 0 bridgehead atoms. The average molecular weight is 265 g/mol. The van der Waals surface area contributed by atoms with E-state index in [4.69, 9.17) is 5.73 Å². The highest BCUT2D eigenvalue weighted by atomic mass is 16.3. The smallest absolute Gasteiger partial charge is 0.238 e. The quantitative estimate of drug-likeness (QED) is 0.699.